The van der Waals surface area contributed by atoms with Crippen molar-refractivity contribution in [2.45, 2.75) is 70.1 Å². The van der Waals surface area contributed by atoms with Crippen molar-refractivity contribution in [1.29, 1.82) is 0 Å². The highest BCUT2D eigenvalue weighted by atomic mass is 16.4. The van der Waals surface area contributed by atoms with Gasteiger partial charge < -0.3 is 36.6 Å². The first-order chi connectivity index (χ1) is 14.8. The number of aliphatic carboxylic acids is 3. The van der Waals surface area contributed by atoms with Gasteiger partial charge in [-0.25, -0.2) is 4.79 Å². The third kappa shape index (κ3) is 7.80. The molecule has 1 heterocycles. The Hall–Kier alpha value is -3.22. The predicted octanol–water partition coefficient (Wildman–Crippen LogP) is -1.65. The highest BCUT2D eigenvalue weighted by Crippen LogP contribution is 2.19. The zero-order valence-corrected chi connectivity index (χ0v) is 17.9. The second-order valence-electron chi connectivity index (χ2n) is 7.96. The van der Waals surface area contributed by atoms with Crippen LogP contribution in [0.25, 0.3) is 0 Å². The first-order valence-corrected chi connectivity index (χ1v) is 10.2. The molecular weight excluding hydrogens is 428 g/mol. The molecule has 1 fully saturated rings. The largest absolute Gasteiger partial charge is 0.481 e. The van der Waals surface area contributed by atoms with Crippen molar-refractivity contribution in [2.24, 2.45) is 11.7 Å². The van der Waals surface area contributed by atoms with Crippen LogP contribution in [0.4, 0.5) is 0 Å². The fraction of sp³-hybridized carbons (Fsp3) is 0.684. The Labute approximate surface area is 184 Å². The highest BCUT2D eigenvalue weighted by Gasteiger charge is 2.39. The van der Waals surface area contributed by atoms with E-state index in [1.807, 2.05) is 0 Å². The van der Waals surface area contributed by atoms with E-state index in [2.05, 4.69) is 10.6 Å². The van der Waals surface area contributed by atoms with Gasteiger partial charge in [-0.05, 0) is 25.2 Å². The zero-order valence-electron chi connectivity index (χ0n) is 17.9. The number of hydrogen-bond donors (Lipinski definition) is 6. The fourth-order valence-corrected chi connectivity index (χ4v) is 3.33. The van der Waals surface area contributed by atoms with E-state index < -0.39 is 72.1 Å². The molecule has 1 saturated heterocycles. The SMILES string of the molecule is CC(C)C(NC(=O)C(N)CCC(=O)O)C(=O)NC(CC(=O)O)C(=O)N1CCCC1C(=O)O. The minimum absolute atomic E-state index is 0.116. The number of rotatable bonds is 12. The van der Waals surface area contributed by atoms with E-state index in [9.17, 15) is 33.9 Å². The first kappa shape index (κ1) is 26.8. The van der Waals surface area contributed by atoms with E-state index in [0.29, 0.717) is 6.42 Å². The van der Waals surface area contributed by atoms with Crippen LogP contribution in [0.2, 0.25) is 0 Å². The number of carboxylic acid groups (broad SMARTS) is 3. The van der Waals surface area contributed by atoms with Crippen molar-refractivity contribution in [3.8, 4) is 0 Å². The molecule has 1 rings (SSSR count). The molecule has 0 aliphatic carbocycles. The molecule has 0 aromatic heterocycles. The van der Waals surface area contributed by atoms with Crippen LogP contribution in [0.3, 0.4) is 0 Å². The van der Waals surface area contributed by atoms with E-state index in [0.717, 1.165) is 4.90 Å². The molecule has 0 aromatic rings. The van der Waals surface area contributed by atoms with Crippen LogP contribution in [0.15, 0.2) is 0 Å². The Morgan fingerprint density at radius 3 is 2.12 bits per heavy atom. The average molecular weight is 458 g/mol. The molecule has 180 valence electrons. The van der Waals surface area contributed by atoms with E-state index in [4.69, 9.17) is 15.9 Å². The lowest BCUT2D eigenvalue weighted by atomic mass is 10.0. The summed E-state index contributed by atoms with van der Waals surface area (Å²) in [6.45, 7) is 3.31. The summed E-state index contributed by atoms with van der Waals surface area (Å²) in [6, 6.07) is -5.00. The molecule has 0 spiro atoms. The number of carbonyl (C=O) groups is 6. The molecule has 3 amide bonds. The number of amides is 3. The predicted molar refractivity (Wildman–Crippen MR) is 108 cm³/mol. The topological polar surface area (TPSA) is 216 Å². The Morgan fingerprint density at radius 1 is 1.00 bits per heavy atom. The lowest BCUT2D eigenvalue weighted by Crippen LogP contribution is -2.58. The standard InChI is InChI=1S/C19H30N4O9/c1-9(2)15(22-16(28)10(20)5-6-13(24)25)17(29)21-11(8-14(26)27)18(30)23-7-3-4-12(23)19(31)32/h9-12,15H,3-8,20H2,1-2H3,(H,21,29)(H,22,28)(H,24,25)(H,26,27)(H,31,32). The fourth-order valence-electron chi connectivity index (χ4n) is 3.33. The maximum Gasteiger partial charge on any atom is 0.326 e. The molecule has 0 aromatic carbocycles. The summed E-state index contributed by atoms with van der Waals surface area (Å²) in [6.07, 6.45) is -0.629. The van der Waals surface area contributed by atoms with Crippen molar-refractivity contribution in [2.75, 3.05) is 6.54 Å². The second kappa shape index (κ2) is 12.0. The number of nitrogens with one attached hydrogen (secondary N) is 2. The van der Waals surface area contributed by atoms with Gasteiger partial charge in [0, 0.05) is 13.0 Å². The van der Waals surface area contributed by atoms with Gasteiger partial charge in [-0.15, -0.1) is 0 Å². The first-order valence-electron chi connectivity index (χ1n) is 10.2. The van der Waals surface area contributed by atoms with E-state index >= 15 is 0 Å². The Bertz CT molecular complexity index is 755. The maximum absolute atomic E-state index is 12.8. The Balaban J connectivity index is 2.94. The molecule has 1 aliphatic heterocycles. The van der Waals surface area contributed by atoms with Crippen LogP contribution in [-0.2, 0) is 28.8 Å². The molecule has 0 bridgehead atoms. The van der Waals surface area contributed by atoms with Gasteiger partial charge in [0.25, 0.3) is 0 Å². The summed E-state index contributed by atoms with van der Waals surface area (Å²) < 4.78 is 0. The molecule has 13 heteroatoms. The summed E-state index contributed by atoms with van der Waals surface area (Å²) >= 11 is 0. The molecule has 1 aliphatic rings. The van der Waals surface area contributed by atoms with Crippen molar-refractivity contribution in [1.82, 2.24) is 15.5 Å². The van der Waals surface area contributed by atoms with Gasteiger partial charge in [-0.1, -0.05) is 13.8 Å². The monoisotopic (exact) mass is 458 g/mol. The second-order valence-corrected chi connectivity index (χ2v) is 7.96. The third-order valence-corrected chi connectivity index (χ3v) is 5.07. The Kier molecular flexibility index (Phi) is 10.0. The van der Waals surface area contributed by atoms with Crippen LogP contribution in [-0.4, -0.2) is 86.6 Å². The molecule has 7 N–H and O–H groups in total. The quantitative estimate of drug-likeness (QED) is 0.196. The van der Waals surface area contributed by atoms with Gasteiger partial charge in [-0.3, -0.25) is 24.0 Å². The van der Waals surface area contributed by atoms with E-state index in [1.54, 1.807) is 13.8 Å². The zero-order chi connectivity index (χ0) is 24.6. The van der Waals surface area contributed by atoms with Gasteiger partial charge in [0.05, 0.1) is 12.5 Å². The van der Waals surface area contributed by atoms with Gasteiger partial charge in [0.2, 0.25) is 17.7 Å². The lowest BCUT2D eigenvalue weighted by molar-refractivity contribution is -0.150. The molecule has 4 atom stereocenters. The van der Waals surface area contributed by atoms with Crippen molar-refractivity contribution in [3.05, 3.63) is 0 Å². The number of carboxylic acids is 3. The van der Waals surface area contributed by atoms with Gasteiger partial charge in [-0.2, -0.15) is 0 Å². The third-order valence-electron chi connectivity index (χ3n) is 5.07. The van der Waals surface area contributed by atoms with Gasteiger partial charge in [0.1, 0.15) is 18.1 Å². The normalized spacial score (nSPS) is 18.5. The van der Waals surface area contributed by atoms with E-state index in [1.165, 1.54) is 0 Å². The summed E-state index contributed by atoms with van der Waals surface area (Å²) in [5.74, 6) is -6.67. The number of nitrogens with zero attached hydrogens (tertiary/aromatic N) is 1. The number of likely N-dealkylation sites (tertiary alicyclic amines) is 1. The van der Waals surface area contributed by atoms with Crippen molar-refractivity contribution < 1.29 is 44.1 Å². The summed E-state index contributed by atoms with van der Waals surface area (Å²) in [5, 5.41) is 31.8. The van der Waals surface area contributed by atoms with Crippen LogP contribution in [0.5, 0.6) is 0 Å². The minimum atomic E-state index is -1.53. The molecule has 13 nitrogen and oxygen atoms in total. The van der Waals surface area contributed by atoms with Crippen LogP contribution in [0, 0.1) is 5.92 Å². The van der Waals surface area contributed by atoms with Crippen LogP contribution in [0.1, 0.15) is 46.0 Å². The molecular formula is C19H30N4O9. The van der Waals surface area contributed by atoms with Crippen LogP contribution < -0.4 is 16.4 Å². The average Bonchev–Trinajstić information content (AvgIpc) is 3.18. The minimum Gasteiger partial charge on any atom is -0.481 e. The maximum atomic E-state index is 12.8. The van der Waals surface area contributed by atoms with Gasteiger partial charge in [0.15, 0.2) is 0 Å². The van der Waals surface area contributed by atoms with Crippen molar-refractivity contribution in [3.63, 3.8) is 0 Å². The molecule has 4 unspecified atom stereocenters. The lowest BCUT2D eigenvalue weighted by Gasteiger charge is -2.29. The van der Waals surface area contributed by atoms with Gasteiger partial charge >= 0.3 is 17.9 Å². The summed E-state index contributed by atoms with van der Waals surface area (Å²) in [7, 11) is 0. The highest BCUT2D eigenvalue weighted by molar-refractivity contribution is 5.96. The number of hydrogen-bond acceptors (Lipinski definition) is 7. The number of nitrogens with two attached hydrogens (primary N) is 1. The van der Waals surface area contributed by atoms with Crippen LogP contribution >= 0.6 is 0 Å². The molecule has 0 saturated carbocycles. The van der Waals surface area contributed by atoms with E-state index in [-0.39, 0.29) is 25.8 Å². The number of carbonyl (C=O) groups excluding carboxylic acids is 3. The summed E-state index contributed by atoms with van der Waals surface area (Å²) in [4.78, 5) is 72.2. The van der Waals surface area contributed by atoms with Crippen molar-refractivity contribution >= 4 is 35.6 Å². The summed E-state index contributed by atoms with van der Waals surface area (Å²) in [5.41, 5.74) is 5.65. The molecule has 32 heavy (non-hydrogen) atoms. The smallest absolute Gasteiger partial charge is 0.326 e. The Morgan fingerprint density at radius 2 is 1.62 bits per heavy atom. The molecule has 0 radical (unpaired) electrons.